The zero-order valence-corrected chi connectivity index (χ0v) is 16.5. The summed E-state index contributed by atoms with van der Waals surface area (Å²) in [7, 11) is 0. The van der Waals surface area contributed by atoms with Gasteiger partial charge in [0.2, 0.25) is 5.91 Å². The van der Waals surface area contributed by atoms with E-state index in [2.05, 4.69) is 4.98 Å². The van der Waals surface area contributed by atoms with Gasteiger partial charge in [0.15, 0.2) is 0 Å². The van der Waals surface area contributed by atoms with E-state index in [4.69, 9.17) is 5.73 Å². The smallest absolute Gasteiger partial charge is 0.268 e. The molecule has 30 heavy (non-hydrogen) atoms. The van der Waals surface area contributed by atoms with Crippen molar-refractivity contribution in [1.29, 1.82) is 0 Å². The molecular formula is C22H21N5O3. The number of anilines is 1. The van der Waals surface area contributed by atoms with Gasteiger partial charge in [-0.1, -0.05) is 24.3 Å². The van der Waals surface area contributed by atoms with Crippen LogP contribution in [0.4, 0.5) is 5.69 Å². The molecule has 8 heteroatoms. The van der Waals surface area contributed by atoms with Crippen LogP contribution in [0.25, 0.3) is 10.8 Å². The summed E-state index contributed by atoms with van der Waals surface area (Å²) >= 11 is 0. The molecule has 0 spiro atoms. The molecule has 3 aromatic rings. The largest absolute Gasteiger partial charge is 0.364 e. The predicted molar refractivity (Wildman–Crippen MR) is 111 cm³/mol. The number of hydrogen-bond acceptors (Lipinski definition) is 4. The quantitative estimate of drug-likeness (QED) is 0.717. The fraction of sp³-hybridized carbons (Fsp3) is 0.273. The van der Waals surface area contributed by atoms with Crippen LogP contribution in [0.3, 0.4) is 0 Å². The van der Waals surface area contributed by atoms with Crippen molar-refractivity contribution in [2.45, 2.75) is 25.9 Å². The lowest BCUT2D eigenvalue weighted by molar-refractivity contribution is -0.132. The maximum atomic E-state index is 13.3. The molecule has 8 nitrogen and oxygen atoms in total. The number of fused-ring (bicyclic) bond motifs is 1. The van der Waals surface area contributed by atoms with Gasteiger partial charge in [0, 0.05) is 43.2 Å². The van der Waals surface area contributed by atoms with Crippen LogP contribution in [0.5, 0.6) is 0 Å². The number of carbonyl (C=O) groups excluding carboxylic acids is 3. The topological polar surface area (TPSA) is 102 Å². The Hall–Kier alpha value is -3.68. The Morgan fingerprint density at radius 3 is 2.63 bits per heavy atom. The van der Waals surface area contributed by atoms with Gasteiger partial charge >= 0.3 is 0 Å². The highest BCUT2D eigenvalue weighted by Crippen LogP contribution is 2.38. The Balaban J connectivity index is 1.39. The number of nitrogens with two attached hydrogens (primary N) is 1. The van der Waals surface area contributed by atoms with E-state index in [1.807, 2.05) is 41.0 Å². The number of aromatic nitrogens is 2. The first-order valence-electron chi connectivity index (χ1n) is 9.95. The van der Waals surface area contributed by atoms with E-state index in [1.54, 1.807) is 22.9 Å². The van der Waals surface area contributed by atoms with Crippen LogP contribution in [0, 0.1) is 0 Å². The van der Waals surface area contributed by atoms with E-state index < -0.39 is 11.9 Å². The van der Waals surface area contributed by atoms with Gasteiger partial charge in [0.25, 0.3) is 11.8 Å². The molecule has 3 amide bonds. The van der Waals surface area contributed by atoms with Crippen LogP contribution in [-0.2, 0) is 17.8 Å². The van der Waals surface area contributed by atoms with Crippen LogP contribution in [0.1, 0.15) is 33.6 Å². The van der Waals surface area contributed by atoms with Crippen LogP contribution in [0.15, 0.2) is 42.6 Å². The molecule has 2 N–H and O–H groups in total. The average Bonchev–Trinajstić information content (AvgIpc) is 3.21. The van der Waals surface area contributed by atoms with Gasteiger partial charge in [-0.25, -0.2) is 4.98 Å². The van der Waals surface area contributed by atoms with Crippen LogP contribution >= 0.6 is 0 Å². The molecule has 0 radical (unpaired) electrons. The van der Waals surface area contributed by atoms with E-state index in [-0.39, 0.29) is 17.5 Å². The third kappa shape index (κ3) is 2.67. The van der Waals surface area contributed by atoms with E-state index in [0.29, 0.717) is 31.6 Å². The second kappa shape index (κ2) is 6.69. The van der Waals surface area contributed by atoms with Crippen molar-refractivity contribution < 1.29 is 14.4 Å². The number of nitrogens with zero attached hydrogens (tertiary/aromatic N) is 4. The Kier molecular flexibility index (Phi) is 4.09. The first kappa shape index (κ1) is 18.4. The number of amides is 3. The SMILES string of the molecule is CC(C(=O)N1CCc2nc(C(N)=O)cn2CC1)N1C(=O)c2cccc3cccc1c23. The summed E-state index contributed by atoms with van der Waals surface area (Å²) in [5.74, 6) is -0.0647. The first-order chi connectivity index (χ1) is 14.5. The average molecular weight is 403 g/mol. The normalized spacial score (nSPS) is 16.5. The molecule has 0 aliphatic carbocycles. The lowest BCUT2D eigenvalue weighted by Gasteiger charge is -2.30. The zero-order chi connectivity index (χ0) is 21.0. The summed E-state index contributed by atoms with van der Waals surface area (Å²) in [6, 6.07) is 10.8. The number of primary amides is 1. The molecule has 0 saturated carbocycles. The molecule has 0 saturated heterocycles. The van der Waals surface area contributed by atoms with E-state index in [1.165, 1.54) is 0 Å². The molecule has 5 rings (SSSR count). The van der Waals surface area contributed by atoms with Crippen molar-refractivity contribution in [2.24, 2.45) is 5.73 Å². The Bertz CT molecular complexity index is 1180. The number of hydrogen-bond donors (Lipinski definition) is 1. The standard InChI is InChI=1S/C22H21N5O3/c1-13(27-17-7-3-5-14-4-2-6-15(19(14)17)22(27)30)21(29)25-9-8-18-24-16(20(23)28)12-26(18)11-10-25/h2-7,12-13H,8-11H2,1H3,(H2,23,28). The Labute approximate surface area is 172 Å². The van der Waals surface area contributed by atoms with Crippen molar-refractivity contribution in [2.75, 3.05) is 18.0 Å². The summed E-state index contributed by atoms with van der Waals surface area (Å²) in [5.41, 5.74) is 6.97. The third-order valence-electron chi connectivity index (χ3n) is 5.98. The second-order valence-corrected chi connectivity index (χ2v) is 7.71. The molecule has 1 aromatic heterocycles. The van der Waals surface area contributed by atoms with Crippen LogP contribution < -0.4 is 10.6 Å². The van der Waals surface area contributed by atoms with Gasteiger partial charge in [-0.15, -0.1) is 0 Å². The summed E-state index contributed by atoms with van der Waals surface area (Å²) in [6.45, 7) is 3.25. The van der Waals surface area contributed by atoms with Crippen molar-refractivity contribution in [3.8, 4) is 0 Å². The van der Waals surface area contributed by atoms with E-state index in [9.17, 15) is 14.4 Å². The number of carbonyl (C=O) groups is 3. The highest BCUT2D eigenvalue weighted by Gasteiger charge is 2.37. The second-order valence-electron chi connectivity index (χ2n) is 7.71. The predicted octanol–water partition coefficient (Wildman–Crippen LogP) is 1.57. The van der Waals surface area contributed by atoms with Crippen LogP contribution in [0.2, 0.25) is 0 Å². The minimum absolute atomic E-state index is 0.103. The van der Waals surface area contributed by atoms with E-state index in [0.717, 1.165) is 22.3 Å². The molecule has 152 valence electrons. The van der Waals surface area contributed by atoms with Gasteiger partial charge in [0.05, 0.1) is 5.69 Å². The fourth-order valence-electron chi connectivity index (χ4n) is 4.46. The fourth-order valence-corrected chi connectivity index (χ4v) is 4.46. The monoisotopic (exact) mass is 403 g/mol. The molecule has 3 heterocycles. The van der Waals surface area contributed by atoms with Crippen molar-refractivity contribution in [3.63, 3.8) is 0 Å². The molecule has 1 atom stereocenters. The van der Waals surface area contributed by atoms with Crippen molar-refractivity contribution in [1.82, 2.24) is 14.5 Å². The van der Waals surface area contributed by atoms with Crippen LogP contribution in [-0.4, -0.2) is 51.3 Å². The Morgan fingerprint density at radius 1 is 1.10 bits per heavy atom. The molecule has 0 fully saturated rings. The molecule has 2 aromatic carbocycles. The Morgan fingerprint density at radius 2 is 1.87 bits per heavy atom. The highest BCUT2D eigenvalue weighted by molar-refractivity contribution is 6.26. The summed E-state index contributed by atoms with van der Waals surface area (Å²) in [4.78, 5) is 45.4. The third-order valence-corrected chi connectivity index (χ3v) is 5.98. The van der Waals surface area contributed by atoms with Gasteiger partial charge in [0.1, 0.15) is 17.6 Å². The van der Waals surface area contributed by atoms with Gasteiger partial charge in [-0.3, -0.25) is 19.3 Å². The lowest BCUT2D eigenvalue weighted by Crippen LogP contribution is -2.49. The minimum Gasteiger partial charge on any atom is -0.364 e. The molecular weight excluding hydrogens is 382 g/mol. The minimum atomic E-state index is -0.623. The van der Waals surface area contributed by atoms with Crippen molar-refractivity contribution in [3.05, 3.63) is 59.7 Å². The first-order valence-corrected chi connectivity index (χ1v) is 9.95. The zero-order valence-electron chi connectivity index (χ0n) is 16.5. The van der Waals surface area contributed by atoms with E-state index >= 15 is 0 Å². The summed E-state index contributed by atoms with van der Waals surface area (Å²) in [5, 5.41) is 1.89. The lowest BCUT2D eigenvalue weighted by atomic mass is 10.1. The van der Waals surface area contributed by atoms with Gasteiger partial charge in [-0.05, 0) is 24.4 Å². The summed E-state index contributed by atoms with van der Waals surface area (Å²) in [6.07, 6.45) is 2.16. The van der Waals surface area contributed by atoms with Crippen molar-refractivity contribution >= 4 is 34.2 Å². The number of rotatable bonds is 3. The molecule has 2 aliphatic heterocycles. The number of imidazole rings is 1. The molecule has 1 unspecified atom stereocenters. The summed E-state index contributed by atoms with van der Waals surface area (Å²) < 4.78 is 1.87. The molecule has 2 aliphatic rings. The maximum absolute atomic E-state index is 13.3. The van der Waals surface area contributed by atoms with Gasteiger partial charge < -0.3 is 15.2 Å². The maximum Gasteiger partial charge on any atom is 0.268 e. The number of benzene rings is 2. The highest BCUT2D eigenvalue weighted by atomic mass is 16.2. The molecule has 0 bridgehead atoms. The van der Waals surface area contributed by atoms with Gasteiger partial charge in [-0.2, -0.15) is 0 Å².